The average Bonchev–Trinajstić information content (AvgIpc) is 2.67. The molecular weight excluding hydrogens is 274 g/mol. The molecule has 5 heteroatoms. The lowest BCUT2D eigenvalue weighted by Gasteiger charge is -2.20. The number of hydrogen-bond donors (Lipinski definition) is 1. The molecule has 1 aliphatic heterocycles. The lowest BCUT2D eigenvalue weighted by Crippen LogP contribution is -2.35. The van der Waals surface area contributed by atoms with Gasteiger partial charge < -0.3 is 10.1 Å². The van der Waals surface area contributed by atoms with Gasteiger partial charge in [-0.2, -0.15) is 0 Å². The Balaban J connectivity index is 1.89. The lowest BCUT2D eigenvalue weighted by atomic mass is 10.1. The van der Waals surface area contributed by atoms with Gasteiger partial charge in [-0.05, 0) is 44.9 Å². The van der Waals surface area contributed by atoms with Gasteiger partial charge >= 0.3 is 0 Å². The molecule has 0 radical (unpaired) electrons. The summed E-state index contributed by atoms with van der Waals surface area (Å²) in [5, 5.41) is 3.42. The van der Waals surface area contributed by atoms with E-state index in [0.29, 0.717) is 6.42 Å². The van der Waals surface area contributed by atoms with Crippen molar-refractivity contribution in [3.63, 3.8) is 0 Å². The fourth-order valence-corrected chi connectivity index (χ4v) is 3.69. The van der Waals surface area contributed by atoms with Gasteiger partial charge in [-0.25, -0.2) is 8.42 Å². The highest BCUT2D eigenvalue weighted by Gasteiger charge is 2.29. The van der Waals surface area contributed by atoms with Gasteiger partial charge in [-0.15, -0.1) is 0 Å². The Morgan fingerprint density at radius 2 is 1.90 bits per heavy atom. The molecule has 0 bridgehead atoms. The van der Waals surface area contributed by atoms with Gasteiger partial charge in [0, 0.05) is 12.1 Å². The molecule has 0 saturated carbocycles. The maximum atomic E-state index is 11.4. The summed E-state index contributed by atoms with van der Waals surface area (Å²) in [6, 6.07) is 7.84. The highest BCUT2D eigenvalue weighted by Crippen LogP contribution is 2.20. The Morgan fingerprint density at radius 1 is 1.25 bits per heavy atom. The molecule has 1 aliphatic rings. The van der Waals surface area contributed by atoms with Crippen molar-refractivity contribution in [2.75, 3.05) is 11.5 Å². The van der Waals surface area contributed by atoms with Crippen LogP contribution in [0.3, 0.4) is 0 Å². The minimum Gasteiger partial charge on any atom is -0.489 e. The molecule has 2 rings (SSSR count). The average molecular weight is 297 g/mol. The van der Waals surface area contributed by atoms with Crippen LogP contribution < -0.4 is 10.1 Å². The third kappa shape index (κ3) is 4.80. The van der Waals surface area contributed by atoms with Crippen molar-refractivity contribution in [1.82, 2.24) is 5.32 Å². The van der Waals surface area contributed by atoms with Crippen molar-refractivity contribution in [2.24, 2.45) is 0 Å². The predicted octanol–water partition coefficient (Wildman–Crippen LogP) is 2.14. The number of rotatable bonds is 4. The molecule has 112 valence electrons. The van der Waals surface area contributed by atoms with Crippen LogP contribution in [0.15, 0.2) is 24.3 Å². The summed E-state index contributed by atoms with van der Waals surface area (Å²) in [6.07, 6.45) is 0.397. The molecule has 1 fully saturated rings. The fraction of sp³-hybridized carbons (Fsp3) is 0.600. The maximum absolute atomic E-state index is 11.4. The van der Waals surface area contributed by atoms with Gasteiger partial charge in [0.1, 0.15) is 11.9 Å². The summed E-state index contributed by atoms with van der Waals surface area (Å²) in [6.45, 7) is 7.20. The number of benzene rings is 1. The minimum atomic E-state index is -2.88. The van der Waals surface area contributed by atoms with Crippen molar-refractivity contribution >= 4 is 9.84 Å². The van der Waals surface area contributed by atoms with Gasteiger partial charge in [0.25, 0.3) is 0 Å². The zero-order valence-corrected chi connectivity index (χ0v) is 13.2. The van der Waals surface area contributed by atoms with E-state index in [0.717, 1.165) is 12.3 Å². The number of ether oxygens (including phenoxy) is 1. The number of hydrogen-bond acceptors (Lipinski definition) is 4. The molecule has 1 heterocycles. The third-order valence-corrected chi connectivity index (χ3v) is 4.98. The smallest absolute Gasteiger partial charge is 0.154 e. The van der Waals surface area contributed by atoms with Crippen molar-refractivity contribution < 1.29 is 13.2 Å². The van der Waals surface area contributed by atoms with E-state index in [-0.39, 0.29) is 23.1 Å². The summed E-state index contributed by atoms with van der Waals surface area (Å²) in [5.74, 6) is 1.12. The molecule has 1 aromatic carbocycles. The van der Waals surface area contributed by atoms with Crippen LogP contribution in [0.5, 0.6) is 5.75 Å². The lowest BCUT2D eigenvalue weighted by molar-refractivity contribution is 0.229. The Bertz CT molecular complexity index is 543. The van der Waals surface area contributed by atoms with Crippen LogP contribution in [0.2, 0.25) is 0 Å². The second kappa shape index (κ2) is 5.74. The summed E-state index contributed by atoms with van der Waals surface area (Å²) in [4.78, 5) is 0. The van der Waals surface area contributed by atoms with E-state index in [1.165, 1.54) is 5.56 Å². The van der Waals surface area contributed by atoms with Crippen LogP contribution in [-0.2, 0) is 16.4 Å². The Morgan fingerprint density at radius 3 is 2.40 bits per heavy atom. The molecule has 1 unspecified atom stereocenters. The van der Waals surface area contributed by atoms with E-state index >= 15 is 0 Å². The SMILES string of the molecule is CC(C)(C)NCc1ccc(OC2CCS(=O)(=O)C2)cc1. The van der Waals surface area contributed by atoms with E-state index in [1.54, 1.807) is 0 Å². The highest BCUT2D eigenvalue weighted by molar-refractivity contribution is 7.91. The first-order chi connectivity index (χ1) is 9.23. The standard InChI is InChI=1S/C15H23NO3S/c1-15(2,3)16-10-12-4-6-13(7-5-12)19-14-8-9-20(17,18)11-14/h4-7,14,16H,8-11H2,1-3H3. The zero-order valence-electron chi connectivity index (χ0n) is 12.3. The van der Waals surface area contributed by atoms with Crippen LogP contribution >= 0.6 is 0 Å². The third-order valence-electron chi connectivity index (χ3n) is 3.24. The molecule has 0 amide bonds. The number of sulfone groups is 1. The van der Waals surface area contributed by atoms with Crippen molar-refractivity contribution in [3.8, 4) is 5.75 Å². The molecule has 0 aromatic heterocycles. The summed E-state index contributed by atoms with van der Waals surface area (Å²) < 4.78 is 28.5. The Kier molecular flexibility index (Phi) is 4.39. The first-order valence-corrected chi connectivity index (χ1v) is 8.77. The monoisotopic (exact) mass is 297 g/mol. The van der Waals surface area contributed by atoms with Crippen LogP contribution in [0, 0.1) is 0 Å². The van der Waals surface area contributed by atoms with Gasteiger partial charge in [0.2, 0.25) is 0 Å². The second-order valence-electron chi connectivity index (χ2n) is 6.39. The van der Waals surface area contributed by atoms with Crippen molar-refractivity contribution in [3.05, 3.63) is 29.8 Å². The predicted molar refractivity (Wildman–Crippen MR) is 80.7 cm³/mol. The molecule has 1 saturated heterocycles. The normalized spacial score (nSPS) is 21.9. The maximum Gasteiger partial charge on any atom is 0.154 e. The van der Waals surface area contributed by atoms with E-state index in [2.05, 4.69) is 26.1 Å². The van der Waals surface area contributed by atoms with Crippen LogP contribution in [0.1, 0.15) is 32.8 Å². The highest BCUT2D eigenvalue weighted by atomic mass is 32.2. The first-order valence-electron chi connectivity index (χ1n) is 6.95. The largest absolute Gasteiger partial charge is 0.489 e. The molecular formula is C15H23NO3S. The Labute approximate surface area is 121 Å². The van der Waals surface area contributed by atoms with Crippen molar-refractivity contribution in [1.29, 1.82) is 0 Å². The molecule has 0 spiro atoms. The van der Waals surface area contributed by atoms with Crippen LogP contribution in [0.4, 0.5) is 0 Å². The van der Waals surface area contributed by atoms with E-state index in [9.17, 15) is 8.42 Å². The van der Waals surface area contributed by atoms with Gasteiger partial charge in [0.15, 0.2) is 9.84 Å². The van der Waals surface area contributed by atoms with Gasteiger partial charge in [0.05, 0.1) is 11.5 Å². The topological polar surface area (TPSA) is 55.4 Å². The number of nitrogens with one attached hydrogen (secondary N) is 1. The molecule has 1 aromatic rings. The summed E-state index contributed by atoms with van der Waals surface area (Å²) >= 11 is 0. The first kappa shape index (κ1) is 15.3. The molecule has 1 N–H and O–H groups in total. The van der Waals surface area contributed by atoms with Crippen LogP contribution in [0.25, 0.3) is 0 Å². The van der Waals surface area contributed by atoms with Gasteiger partial charge in [-0.3, -0.25) is 0 Å². The Hall–Kier alpha value is -1.07. The summed E-state index contributed by atoms with van der Waals surface area (Å²) in [7, 11) is -2.88. The minimum absolute atomic E-state index is 0.0907. The van der Waals surface area contributed by atoms with E-state index < -0.39 is 9.84 Å². The molecule has 1 atom stereocenters. The fourth-order valence-electron chi connectivity index (χ4n) is 2.10. The second-order valence-corrected chi connectivity index (χ2v) is 8.62. The van der Waals surface area contributed by atoms with Gasteiger partial charge in [-0.1, -0.05) is 12.1 Å². The quantitative estimate of drug-likeness (QED) is 0.925. The molecule has 0 aliphatic carbocycles. The molecule has 20 heavy (non-hydrogen) atoms. The van der Waals surface area contributed by atoms with E-state index in [4.69, 9.17) is 4.74 Å². The summed E-state index contributed by atoms with van der Waals surface area (Å²) in [5.41, 5.74) is 1.28. The molecule has 4 nitrogen and oxygen atoms in total. The van der Waals surface area contributed by atoms with Crippen LogP contribution in [-0.4, -0.2) is 31.6 Å². The van der Waals surface area contributed by atoms with Crippen molar-refractivity contribution in [2.45, 2.75) is 45.4 Å². The van der Waals surface area contributed by atoms with E-state index in [1.807, 2.05) is 24.3 Å². The zero-order chi connectivity index (χ0) is 14.8.